The van der Waals surface area contributed by atoms with E-state index in [9.17, 15) is 26.6 Å². The Balaban J connectivity index is 1.55. The molecule has 198 valence electrons. The molecule has 1 atom stereocenters. The van der Waals surface area contributed by atoms with Crippen molar-refractivity contribution >= 4 is 28.0 Å². The lowest BCUT2D eigenvalue weighted by Crippen LogP contribution is -2.26. The lowest BCUT2D eigenvalue weighted by molar-refractivity contribution is -0.131. The summed E-state index contributed by atoms with van der Waals surface area (Å²) in [5.74, 6) is -0.734. The lowest BCUT2D eigenvalue weighted by atomic mass is 10.0. The number of aryl methyl sites for hydroxylation is 1. The van der Waals surface area contributed by atoms with E-state index in [-0.39, 0.29) is 33.2 Å². The fourth-order valence-electron chi connectivity index (χ4n) is 3.97. The van der Waals surface area contributed by atoms with Crippen LogP contribution in [0.5, 0.6) is 0 Å². The first kappa shape index (κ1) is 25.8. The van der Waals surface area contributed by atoms with Crippen LogP contribution < -0.4 is 10.6 Å². The molecule has 2 aromatic carbocycles. The van der Waals surface area contributed by atoms with Gasteiger partial charge in [-0.2, -0.15) is 18.3 Å². The topological polar surface area (TPSA) is 88.4 Å². The van der Waals surface area contributed by atoms with Gasteiger partial charge in [0.1, 0.15) is 16.6 Å². The number of amides is 1. The molecule has 0 aliphatic heterocycles. The van der Waals surface area contributed by atoms with Crippen LogP contribution in [0, 0.1) is 12.7 Å². The normalized spacial score (nSPS) is 14.4. The smallest absolute Gasteiger partial charge is 0.382 e. The van der Waals surface area contributed by atoms with E-state index >= 15 is 0 Å². The molecule has 5 rings (SSSR count). The van der Waals surface area contributed by atoms with Crippen LogP contribution in [0.25, 0.3) is 16.9 Å². The summed E-state index contributed by atoms with van der Waals surface area (Å²) in [5, 5.41) is 10.1. The minimum atomic E-state index is -4.37. The molecule has 0 radical (unpaired) electrons. The molecule has 2 heterocycles. The maximum atomic E-state index is 13.8. The highest BCUT2D eigenvalue weighted by atomic mass is 32.2. The second-order valence-electron chi connectivity index (χ2n) is 9.07. The Bertz CT molecular complexity index is 1550. The van der Waals surface area contributed by atoms with E-state index < -0.39 is 35.8 Å². The highest BCUT2D eigenvalue weighted by Gasteiger charge is 2.27. The number of benzene rings is 2. The fraction of sp³-hybridized carbons (Fsp3) is 0.269. The van der Waals surface area contributed by atoms with Gasteiger partial charge in [0.15, 0.2) is 10.7 Å². The average molecular weight is 546 g/mol. The predicted molar refractivity (Wildman–Crippen MR) is 134 cm³/mol. The van der Waals surface area contributed by atoms with Crippen LogP contribution in [-0.4, -0.2) is 43.5 Å². The van der Waals surface area contributed by atoms with Crippen molar-refractivity contribution in [3.8, 4) is 11.3 Å². The molecular weight excluding hydrogens is 522 g/mol. The third-order valence-corrected chi connectivity index (χ3v) is 7.31. The van der Waals surface area contributed by atoms with E-state index in [2.05, 4.69) is 20.7 Å². The molecule has 1 amide bonds. The monoisotopic (exact) mass is 545 g/mol. The Hall–Kier alpha value is -3.80. The van der Waals surface area contributed by atoms with Gasteiger partial charge in [-0.25, -0.2) is 18.1 Å². The van der Waals surface area contributed by atoms with Gasteiger partial charge in [-0.1, -0.05) is 12.1 Å². The summed E-state index contributed by atoms with van der Waals surface area (Å²) in [4.78, 5) is 17.0. The summed E-state index contributed by atoms with van der Waals surface area (Å²) in [7, 11) is -1.92. The van der Waals surface area contributed by atoms with Crippen molar-refractivity contribution < 1.29 is 26.6 Å². The van der Waals surface area contributed by atoms with Gasteiger partial charge in [0.2, 0.25) is 0 Å². The van der Waals surface area contributed by atoms with Crippen molar-refractivity contribution in [2.45, 2.75) is 48.3 Å². The second-order valence-corrected chi connectivity index (χ2v) is 10.5. The summed E-state index contributed by atoms with van der Waals surface area (Å²) in [6.07, 6.45) is -2.01. The molecule has 0 saturated heterocycles. The number of aromatic nitrogens is 3. The Morgan fingerprint density at radius 2 is 1.95 bits per heavy atom. The largest absolute Gasteiger partial charge is 0.390 e. The van der Waals surface area contributed by atoms with Crippen LogP contribution in [0.15, 0.2) is 64.6 Å². The fourth-order valence-corrected chi connectivity index (χ4v) is 5.02. The molecule has 4 aromatic rings. The molecule has 38 heavy (non-hydrogen) atoms. The zero-order chi connectivity index (χ0) is 27.0. The van der Waals surface area contributed by atoms with E-state index in [0.29, 0.717) is 16.8 Å². The summed E-state index contributed by atoms with van der Waals surface area (Å²) >= 11 is 0. The first-order valence-corrected chi connectivity index (χ1v) is 13.0. The van der Waals surface area contributed by atoms with Crippen molar-refractivity contribution in [3.63, 3.8) is 0 Å². The first-order valence-electron chi connectivity index (χ1n) is 11.9. The minimum absolute atomic E-state index is 0.00834. The number of halogens is 4. The number of fused-ring (bicyclic) bond motifs is 1. The van der Waals surface area contributed by atoms with Gasteiger partial charge in [0.25, 0.3) is 5.91 Å². The van der Waals surface area contributed by atoms with Gasteiger partial charge in [-0.05, 0) is 55.7 Å². The van der Waals surface area contributed by atoms with Gasteiger partial charge in [0.05, 0.1) is 24.0 Å². The molecule has 12 heteroatoms. The van der Waals surface area contributed by atoms with E-state index in [4.69, 9.17) is 0 Å². The molecule has 0 spiro atoms. The number of carbonyl (C=O) groups is 1. The van der Waals surface area contributed by atoms with Crippen LogP contribution in [0.3, 0.4) is 0 Å². The molecular formula is C26H23F4N5O2S. The maximum absolute atomic E-state index is 13.8. The SMILES string of the molecule is Cc1cc(-c2cnc3c(NCCC(F)(F)F)cc(S(=O)c4cccc(F)c4)nn23)ccc1C(=O)NC1CC1. The zero-order valence-electron chi connectivity index (χ0n) is 20.2. The first-order chi connectivity index (χ1) is 18.1. The lowest BCUT2D eigenvalue weighted by Gasteiger charge is -2.13. The third kappa shape index (κ3) is 5.69. The summed E-state index contributed by atoms with van der Waals surface area (Å²) in [5.41, 5.74) is 2.82. The van der Waals surface area contributed by atoms with Crippen LogP contribution in [0.4, 0.5) is 23.2 Å². The number of imidazole rings is 1. The van der Waals surface area contributed by atoms with Gasteiger partial charge < -0.3 is 10.6 Å². The van der Waals surface area contributed by atoms with Crippen molar-refractivity contribution in [2.24, 2.45) is 0 Å². The molecule has 7 nitrogen and oxygen atoms in total. The molecule has 1 fully saturated rings. The number of rotatable bonds is 8. The van der Waals surface area contributed by atoms with Crippen molar-refractivity contribution in [1.29, 1.82) is 0 Å². The molecule has 1 aliphatic carbocycles. The third-order valence-electron chi connectivity index (χ3n) is 6.05. The van der Waals surface area contributed by atoms with Crippen molar-refractivity contribution in [1.82, 2.24) is 19.9 Å². The molecule has 2 N–H and O–H groups in total. The standard InChI is InChI=1S/C26H23F4N5O2S/c1-15-11-16(5-8-20(15)25(36)33-18-6-7-18)22-14-32-24-21(31-10-9-26(28,29)30)13-23(34-35(22)24)38(37)19-4-2-3-17(27)12-19/h2-5,8,11-14,18,31H,6-7,9-10H2,1H3,(H,33,36). The van der Waals surface area contributed by atoms with Crippen molar-refractivity contribution in [3.05, 3.63) is 71.7 Å². The number of hydrogen-bond acceptors (Lipinski definition) is 5. The van der Waals surface area contributed by atoms with E-state index in [1.165, 1.54) is 35.0 Å². The Kier molecular flexibility index (Phi) is 6.91. The minimum Gasteiger partial charge on any atom is -0.382 e. The number of hydrogen-bond donors (Lipinski definition) is 2. The number of nitrogens with zero attached hydrogens (tertiary/aromatic N) is 3. The number of alkyl halides is 3. The molecule has 1 unspecified atom stereocenters. The highest BCUT2D eigenvalue weighted by Crippen LogP contribution is 2.29. The molecule has 2 aromatic heterocycles. The van der Waals surface area contributed by atoms with E-state index in [1.54, 1.807) is 25.1 Å². The van der Waals surface area contributed by atoms with Crippen LogP contribution in [0.2, 0.25) is 0 Å². The zero-order valence-corrected chi connectivity index (χ0v) is 21.0. The van der Waals surface area contributed by atoms with E-state index in [0.717, 1.165) is 24.5 Å². The highest BCUT2D eigenvalue weighted by molar-refractivity contribution is 7.85. The maximum Gasteiger partial charge on any atom is 0.390 e. The van der Waals surface area contributed by atoms with Gasteiger partial charge in [0, 0.05) is 34.7 Å². The molecule has 0 bridgehead atoms. The van der Waals surface area contributed by atoms with Crippen LogP contribution in [-0.2, 0) is 10.8 Å². The van der Waals surface area contributed by atoms with Crippen LogP contribution >= 0.6 is 0 Å². The molecule has 1 aliphatic rings. The van der Waals surface area contributed by atoms with E-state index in [1.807, 2.05) is 0 Å². The average Bonchev–Trinajstić information content (AvgIpc) is 3.57. The van der Waals surface area contributed by atoms with Gasteiger partial charge in [-0.3, -0.25) is 4.79 Å². The van der Waals surface area contributed by atoms with Gasteiger partial charge >= 0.3 is 6.18 Å². The van der Waals surface area contributed by atoms with Gasteiger partial charge in [-0.15, -0.1) is 0 Å². The Labute approximate surface area is 217 Å². The van der Waals surface area contributed by atoms with Crippen LogP contribution in [0.1, 0.15) is 35.2 Å². The quantitative estimate of drug-likeness (QED) is 0.295. The van der Waals surface area contributed by atoms with Crippen molar-refractivity contribution in [2.75, 3.05) is 11.9 Å². The Morgan fingerprint density at radius 1 is 1.16 bits per heavy atom. The summed E-state index contributed by atoms with van der Waals surface area (Å²) in [6.45, 7) is 1.37. The summed E-state index contributed by atoms with van der Waals surface area (Å²) in [6, 6.07) is 12.0. The summed E-state index contributed by atoms with van der Waals surface area (Å²) < 4.78 is 66.8. The number of anilines is 1. The molecule has 1 saturated carbocycles. The second kappa shape index (κ2) is 10.2. The number of nitrogens with one attached hydrogen (secondary N) is 2. The predicted octanol–water partition coefficient (Wildman–Crippen LogP) is 5.27. The Morgan fingerprint density at radius 3 is 2.63 bits per heavy atom. The number of carbonyl (C=O) groups excluding carboxylic acids is 1.